The molecule has 18 heavy (non-hydrogen) atoms. The third-order valence-corrected chi connectivity index (χ3v) is 3.86. The van der Waals surface area contributed by atoms with Gasteiger partial charge in [-0.2, -0.15) is 0 Å². The van der Waals surface area contributed by atoms with Crippen molar-refractivity contribution < 1.29 is 9.53 Å². The van der Waals surface area contributed by atoms with Gasteiger partial charge in [-0.05, 0) is 36.2 Å². The Morgan fingerprint density at radius 3 is 2.67 bits per heavy atom. The summed E-state index contributed by atoms with van der Waals surface area (Å²) < 4.78 is 4.68. The molecule has 5 heteroatoms. The van der Waals surface area contributed by atoms with E-state index in [0.29, 0.717) is 15.6 Å². The van der Waals surface area contributed by atoms with Gasteiger partial charge in [0.15, 0.2) is 0 Å². The molecule has 0 atom stereocenters. The van der Waals surface area contributed by atoms with Crippen LogP contribution in [0, 0.1) is 6.92 Å². The van der Waals surface area contributed by atoms with Crippen molar-refractivity contribution in [2.45, 2.75) is 6.92 Å². The molecule has 2 N–H and O–H groups in total. The lowest BCUT2D eigenvalue weighted by molar-refractivity contribution is 0.0607. The van der Waals surface area contributed by atoms with E-state index in [4.69, 9.17) is 17.3 Å². The molecule has 0 fully saturated rings. The number of ether oxygens (including phenoxy) is 1. The van der Waals surface area contributed by atoms with Crippen LogP contribution in [0.2, 0.25) is 5.02 Å². The normalized spacial score (nSPS) is 10.4. The van der Waals surface area contributed by atoms with Gasteiger partial charge in [-0.3, -0.25) is 0 Å². The smallest absolute Gasteiger partial charge is 0.350 e. The van der Waals surface area contributed by atoms with E-state index in [1.807, 2.05) is 25.1 Å². The van der Waals surface area contributed by atoms with Crippen molar-refractivity contribution >= 4 is 34.6 Å². The van der Waals surface area contributed by atoms with Crippen molar-refractivity contribution in [1.29, 1.82) is 0 Å². The van der Waals surface area contributed by atoms with Gasteiger partial charge >= 0.3 is 5.97 Å². The van der Waals surface area contributed by atoms with Gasteiger partial charge in [-0.15, -0.1) is 11.3 Å². The molecule has 2 aromatic rings. The first kappa shape index (κ1) is 12.9. The molecule has 3 nitrogen and oxygen atoms in total. The first-order valence-electron chi connectivity index (χ1n) is 5.26. The molecular formula is C13H12ClNO2S. The number of hydrogen-bond acceptors (Lipinski definition) is 4. The van der Waals surface area contributed by atoms with Crippen molar-refractivity contribution in [3.8, 4) is 10.4 Å². The monoisotopic (exact) mass is 281 g/mol. The second-order valence-electron chi connectivity index (χ2n) is 3.90. The third kappa shape index (κ3) is 2.49. The van der Waals surface area contributed by atoms with E-state index in [1.54, 1.807) is 6.07 Å². The highest BCUT2D eigenvalue weighted by atomic mass is 35.5. The van der Waals surface area contributed by atoms with Crippen LogP contribution in [0.1, 0.15) is 15.2 Å². The quantitative estimate of drug-likeness (QED) is 0.853. The zero-order chi connectivity index (χ0) is 13.3. The molecule has 0 radical (unpaired) electrons. The van der Waals surface area contributed by atoms with Crippen LogP contribution >= 0.6 is 22.9 Å². The summed E-state index contributed by atoms with van der Waals surface area (Å²) in [5.74, 6) is -0.414. The molecule has 1 aromatic carbocycles. The van der Waals surface area contributed by atoms with Crippen molar-refractivity contribution in [2.24, 2.45) is 0 Å². The van der Waals surface area contributed by atoms with Gasteiger partial charge in [0.1, 0.15) is 4.88 Å². The van der Waals surface area contributed by atoms with Crippen molar-refractivity contribution in [1.82, 2.24) is 0 Å². The number of rotatable bonds is 2. The van der Waals surface area contributed by atoms with Crippen molar-refractivity contribution in [2.75, 3.05) is 12.8 Å². The van der Waals surface area contributed by atoms with E-state index in [0.717, 1.165) is 16.0 Å². The van der Waals surface area contributed by atoms with Crippen LogP contribution in [0.5, 0.6) is 0 Å². The number of benzene rings is 1. The topological polar surface area (TPSA) is 52.3 Å². The van der Waals surface area contributed by atoms with E-state index in [1.165, 1.54) is 18.4 Å². The fraction of sp³-hybridized carbons (Fsp3) is 0.154. The summed E-state index contributed by atoms with van der Waals surface area (Å²) in [6, 6.07) is 7.49. The highest BCUT2D eigenvalue weighted by Crippen LogP contribution is 2.35. The molecule has 0 saturated heterocycles. The van der Waals surface area contributed by atoms with Gasteiger partial charge in [-0.25, -0.2) is 4.79 Å². The van der Waals surface area contributed by atoms with Gasteiger partial charge in [0, 0.05) is 9.90 Å². The molecule has 0 unspecified atom stereocenters. The lowest BCUT2D eigenvalue weighted by atomic mass is 10.1. The molecule has 0 amide bonds. The summed E-state index contributed by atoms with van der Waals surface area (Å²) >= 11 is 7.32. The molecule has 1 aromatic heterocycles. The van der Waals surface area contributed by atoms with E-state index < -0.39 is 5.97 Å². The number of carbonyl (C=O) groups excluding carboxylic acids is 1. The molecule has 0 bridgehead atoms. The highest BCUT2D eigenvalue weighted by molar-refractivity contribution is 7.18. The first-order chi connectivity index (χ1) is 8.51. The summed E-state index contributed by atoms with van der Waals surface area (Å²) in [4.78, 5) is 12.8. The van der Waals surface area contributed by atoms with Crippen LogP contribution in [0.25, 0.3) is 10.4 Å². The molecule has 1 heterocycles. The minimum Gasteiger partial charge on any atom is -0.465 e. The van der Waals surface area contributed by atoms with Crippen LogP contribution < -0.4 is 5.73 Å². The van der Waals surface area contributed by atoms with E-state index in [9.17, 15) is 4.79 Å². The fourth-order valence-electron chi connectivity index (χ4n) is 1.68. The van der Waals surface area contributed by atoms with Gasteiger partial charge < -0.3 is 10.5 Å². The lowest BCUT2D eigenvalue weighted by Crippen LogP contribution is -2.00. The maximum Gasteiger partial charge on any atom is 0.350 e. The molecule has 0 aliphatic rings. The lowest BCUT2D eigenvalue weighted by Gasteiger charge is -2.00. The second-order valence-corrected chi connectivity index (χ2v) is 5.39. The number of methoxy groups -OCH3 is 1. The van der Waals surface area contributed by atoms with Crippen LogP contribution in [-0.4, -0.2) is 13.1 Å². The zero-order valence-electron chi connectivity index (χ0n) is 9.99. The minimum atomic E-state index is -0.414. The first-order valence-corrected chi connectivity index (χ1v) is 6.46. The second kappa shape index (κ2) is 5.00. The fourth-order valence-corrected chi connectivity index (χ4v) is 2.95. The van der Waals surface area contributed by atoms with E-state index in [-0.39, 0.29) is 0 Å². The van der Waals surface area contributed by atoms with Gasteiger partial charge in [0.2, 0.25) is 0 Å². The number of aryl methyl sites for hydroxylation is 1. The predicted octanol–water partition coefficient (Wildman–Crippen LogP) is 3.75. The predicted molar refractivity (Wildman–Crippen MR) is 75.3 cm³/mol. The summed E-state index contributed by atoms with van der Waals surface area (Å²) in [7, 11) is 1.34. The molecule has 2 rings (SSSR count). The van der Waals surface area contributed by atoms with Crippen molar-refractivity contribution in [3.63, 3.8) is 0 Å². The number of thiophene rings is 1. The van der Waals surface area contributed by atoms with Gasteiger partial charge in [-0.1, -0.05) is 17.7 Å². The summed E-state index contributed by atoms with van der Waals surface area (Å²) in [5.41, 5.74) is 8.25. The maximum atomic E-state index is 11.5. The Labute approximate surface area is 114 Å². The number of hydrogen-bond donors (Lipinski definition) is 1. The van der Waals surface area contributed by atoms with Crippen LogP contribution in [0.15, 0.2) is 24.3 Å². The SMILES string of the molecule is COC(=O)c1sc(-c2cc(C)cc(Cl)c2)cc1N. The number of nitrogens with two attached hydrogens (primary N) is 1. The highest BCUT2D eigenvalue weighted by Gasteiger charge is 2.15. The Morgan fingerprint density at radius 1 is 1.33 bits per heavy atom. The summed E-state index contributed by atoms with van der Waals surface area (Å²) in [6.07, 6.45) is 0. The Morgan fingerprint density at radius 2 is 2.06 bits per heavy atom. The largest absolute Gasteiger partial charge is 0.465 e. The molecular weight excluding hydrogens is 270 g/mol. The Hall–Kier alpha value is -1.52. The standard InChI is InChI=1S/C13H12ClNO2S/c1-7-3-8(5-9(14)4-7)11-6-10(15)12(18-11)13(16)17-2/h3-6H,15H2,1-2H3. The average molecular weight is 282 g/mol. The average Bonchev–Trinajstić information content (AvgIpc) is 2.69. The summed E-state index contributed by atoms with van der Waals surface area (Å²) in [5, 5.41) is 0.664. The third-order valence-electron chi connectivity index (χ3n) is 2.46. The number of carbonyl (C=O) groups is 1. The molecule has 0 saturated carbocycles. The Kier molecular flexibility index (Phi) is 3.59. The number of halogens is 1. The summed E-state index contributed by atoms with van der Waals surface area (Å²) in [6.45, 7) is 1.97. The van der Waals surface area contributed by atoms with Crippen molar-refractivity contribution in [3.05, 3.63) is 39.7 Å². The van der Waals surface area contributed by atoms with Gasteiger partial charge in [0.25, 0.3) is 0 Å². The molecule has 0 aliphatic heterocycles. The Balaban J connectivity index is 2.48. The van der Waals surface area contributed by atoms with Crippen LogP contribution in [0.4, 0.5) is 5.69 Å². The Bertz CT molecular complexity index is 587. The molecule has 94 valence electrons. The number of esters is 1. The minimum absolute atomic E-state index is 0.414. The van der Waals surface area contributed by atoms with E-state index >= 15 is 0 Å². The van der Waals surface area contributed by atoms with Crippen LogP contribution in [-0.2, 0) is 4.74 Å². The number of nitrogen functional groups attached to an aromatic ring is 1. The van der Waals surface area contributed by atoms with Crippen LogP contribution in [0.3, 0.4) is 0 Å². The zero-order valence-corrected chi connectivity index (χ0v) is 11.6. The molecule has 0 aliphatic carbocycles. The van der Waals surface area contributed by atoms with Gasteiger partial charge in [0.05, 0.1) is 12.8 Å². The number of anilines is 1. The molecule has 0 spiro atoms. The maximum absolute atomic E-state index is 11.5. The van der Waals surface area contributed by atoms with E-state index in [2.05, 4.69) is 4.74 Å².